The number of nitriles is 1. The molecule has 14 heavy (non-hydrogen) atoms. The Morgan fingerprint density at radius 3 is 2.79 bits per heavy atom. The van der Waals surface area contributed by atoms with Crippen LogP contribution < -0.4 is 0 Å². The molecule has 2 rings (SSSR count). The van der Waals surface area contributed by atoms with Gasteiger partial charge in [-0.3, -0.25) is 0 Å². The largest absolute Gasteiger partial charge is 0.225 e. The zero-order chi connectivity index (χ0) is 9.97. The first-order valence-corrected chi connectivity index (χ1v) is 4.80. The van der Waals surface area contributed by atoms with Gasteiger partial charge in [0.2, 0.25) is 0 Å². The maximum atomic E-state index is 13.3. The third-order valence-electron chi connectivity index (χ3n) is 1.72. The Kier molecular flexibility index (Phi) is 2.25. The molecule has 0 saturated heterocycles. The molecule has 1 aromatic heterocycles. The molecule has 0 aliphatic carbocycles. The predicted molar refractivity (Wildman–Crippen MR) is 52.2 cm³/mol. The van der Waals surface area contributed by atoms with Crippen LogP contribution in [0.25, 0.3) is 10.6 Å². The van der Waals surface area contributed by atoms with Crippen LogP contribution in [0.5, 0.6) is 0 Å². The lowest BCUT2D eigenvalue weighted by Gasteiger charge is -1.96. The van der Waals surface area contributed by atoms with E-state index >= 15 is 0 Å². The summed E-state index contributed by atoms with van der Waals surface area (Å²) in [7, 11) is 0. The number of thiazole rings is 1. The normalized spacial score (nSPS) is 9.71. The Bertz CT molecular complexity index is 499. The third kappa shape index (κ3) is 1.50. The Labute approximate surface area is 84.3 Å². The number of hydrogen-bond acceptors (Lipinski definition) is 3. The zero-order valence-corrected chi connectivity index (χ0v) is 7.88. The number of aromatic nitrogens is 1. The second-order valence-corrected chi connectivity index (χ2v) is 3.49. The lowest BCUT2D eigenvalue weighted by Crippen LogP contribution is -1.82. The van der Waals surface area contributed by atoms with E-state index in [0.29, 0.717) is 16.3 Å². The summed E-state index contributed by atoms with van der Waals surface area (Å²) in [6.07, 6.45) is 0. The third-order valence-corrected chi connectivity index (χ3v) is 2.60. The van der Waals surface area contributed by atoms with Gasteiger partial charge >= 0.3 is 0 Å². The fraction of sp³-hybridized carbons (Fsp3) is 0. The highest BCUT2D eigenvalue weighted by molar-refractivity contribution is 7.13. The first kappa shape index (κ1) is 8.85. The average molecular weight is 204 g/mol. The Balaban J connectivity index is 2.51. The van der Waals surface area contributed by atoms with Gasteiger partial charge in [0, 0.05) is 10.9 Å². The van der Waals surface area contributed by atoms with Crippen LogP contribution in [0, 0.1) is 17.1 Å². The van der Waals surface area contributed by atoms with Crippen molar-refractivity contribution in [3.8, 4) is 16.6 Å². The molecule has 0 aliphatic rings. The summed E-state index contributed by atoms with van der Waals surface area (Å²) >= 11 is 1.27. The minimum Gasteiger partial charge on any atom is -0.225 e. The maximum Gasteiger partial charge on any atom is 0.152 e. The van der Waals surface area contributed by atoms with Crippen molar-refractivity contribution in [1.82, 2.24) is 4.98 Å². The van der Waals surface area contributed by atoms with Crippen LogP contribution in [-0.4, -0.2) is 4.98 Å². The molecule has 0 spiro atoms. The fourth-order valence-corrected chi connectivity index (χ4v) is 1.86. The summed E-state index contributed by atoms with van der Waals surface area (Å²) in [4.78, 5) is 3.98. The van der Waals surface area contributed by atoms with Gasteiger partial charge in [0.1, 0.15) is 16.9 Å². The highest BCUT2D eigenvalue weighted by Gasteiger charge is 2.07. The fourth-order valence-electron chi connectivity index (χ4n) is 1.08. The van der Waals surface area contributed by atoms with Gasteiger partial charge in [0.05, 0.1) is 0 Å². The van der Waals surface area contributed by atoms with Crippen LogP contribution in [0.4, 0.5) is 4.39 Å². The first-order chi connectivity index (χ1) is 6.81. The van der Waals surface area contributed by atoms with Crippen molar-refractivity contribution in [2.24, 2.45) is 0 Å². The first-order valence-electron chi connectivity index (χ1n) is 3.92. The van der Waals surface area contributed by atoms with Crippen LogP contribution in [0.15, 0.2) is 29.6 Å². The van der Waals surface area contributed by atoms with Crippen molar-refractivity contribution in [3.05, 3.63) is 41.2 Å². The lowest BCUT2D eigenvalue weighted by atomic mass is 10.2. The quantitative estimate of drug-likeness (QED) is 0.716. The van der Waals surface area contributed by atoms with E-state index in [1.54, 1.807) is 23.6 Å². The van der Waals surface area contributed by atoms with Crippen molar-refractivity contribution in [1.29, 1.82) is 5.26 Å². The molecule has 0 aliphatic heterocycles. The summed E-state index contributed by atoms with van der Waals surface area (Å²) in [6.45, 7) is 0. The smallest absolute Gasteiger partial charge is 0.152 e. The van der Waals surface area contributed by atoms with Gasteiger partial charge in [-0.15, -0.1) is 11.3 Å². The number of benzene rings is 1. The minimum absolute atomic E-state index is 0.314. The van der Waals surface area contributed by atoms with E-state index in [1.165, 1.54) is 17.4 Å². The highest BCUT2D eigenvalue weighted by Crippen LogP contribution is 2.25. The van der Waals surface area contributed by atoms with E-state index in [9.17, 15) is 4.39 Å². The van der Waals surface area contributed by atoms with E-state index in [-0.39, 0.29) is 5.82 Å². The molecule has 0 amide bonds. The van der Waals surface area contributed by atoms with E-state index < -0.39 is 0 Å². The predicted octanol–water partition coefficient (Wildman–Crippen LogP) is 2.82. The molecule has 0 N–H and O–H groups in total. The van der Waals surface area contributed by atoms with Crippen molar-refractivity contribution in [2.75, 3.05) is 0 Å². The molecule has 0 unspecified atom stereocenters. The molecular formula is C10H5FN2S. The van der Waals surface area contributed by atoms with Gasteiger partial charge in [-0.05, 0) is 12.1 Å². The zero-order valence-electron chi connectivity index (χ0n) is 7.07. The van der Waals surface area contributed by atoms with Crippen LogP contribution in [0.3, 0.4) is 0 Å². The summed E-state index contributed by atoms with van der Waals surface area (Å²) in [5, 5.41) is 10.7. The second kappa shape index (κ2) is 3.56. The van der Waals surface area contributed by atoms with Crippen LogP contribution >= 0.6 is 11.3 Å². The monoisotopic (exact) mass is 204 g/mol. The number of halogens is 1. The Morgan fingerprint density at radius 2 is 2.14 bits per heavy atom. The molecule has 68 valence electrons. The molecule has 0 saturated carbocycles. The highest BCUT2D eigenvalue weighted by atomic mass is 32.1. The molecule has 2 aromatic rings. The van der Waals surface area contributed by atoms with Gasteiger partial charge in [-0.1, -0.05) is 12.1 Å². The van der Waals surface area contributed by atoms with Crippen LogP contribution in [0.2, 0.25) is 0 Å². The SMILES string of the molecule is N#Cc1csc(-c2ccccc2F)n1. The van der Waals surface area contributed by atoms with Crippen molar-refractivity contribution >= 4 is 11.3 Å². The Morgan fingerprint density at radius 1 is 1.36 bits per heavy atom. The minimum atomic E-state index is -0.314. The summed E-state index contributed by atoms with van der Waals surface area (Å²) in [6, 6.07) is 8.30. The van der Waals surface area contributed by atoms with Crippen molar-refractivity contribution in [2.45, 2.75) is 0 Å². The van der Waals surface area contributed by atoms with Crippen molar-refractivity contribution in [3.63, 3.8) is 0 Å². The molecule has 4 heteroatoms. The van der Waals surface area contributed by atoms with E-state index in [2.05, 4.69) is 4.98 Å². The average Bonchev–Trinajstić information content (AvgIpc) is 2.67. The summed E-state index contributed by atoms with van der Waals surface area (Å²) < 4.78 is 13.3. The summed E-state index contributed by atoms with van der Waals surface area (Å²) in [5.41, 5.74) is 0.771. The number of rotatable bonds is 1. The molecule has 0 radical (unpaired) electrons. The van der Waals surface area contributed by atoms with E-state index in [1.807, 2.05) is 6.07 Å². The van der Waals surface area contributed by atoms with Gasteiger partial charge in [0.25, 0.3) is 0 Å². The molecule has 1 aromatic carbocycles. The van der Waals surface area contributed by atoms with Gasteiger partial charge in [0.15, 0.2) is 5.69 Å². The second-order valence-electron chi connectivity index (χ2n) is 2.63. The molecular weight excluding hydrogens is 199 g/mol. The molecule has 0 fully saturated rings. The standard InChI is InChI=1S/C10H5FN2S/c11-9-4-2-1-3-8(9)10-13-7(5-12)6-14-10/h1-4,6H. The molecule has 0 bridgehead atoms. The maximum absolute atomic E-state index is 13.3. The molecule has 1 heterocycles. The van der Waals surface area contributed by atoms with E-state index in [0.717, 1.165) is 0 Å². The topological polar surface area (TPSA) is 36.7 Å². The lowest BCUT2D eigenvalue weighted by molar-refractivity contribution is 0.631. The van der Waals surface area contributed by atoms with Gasteiger partial charge < -0.3 is 0 Å². The van der Waals surface area contributed by atoms with Gasteiger partial charge in [-0.25, -0.2) is 9.37 Å². The van der Waals surface area contributed by atoms with Crippen LogP contribution in [-0.2, 0) is 0 Å². The Hall–Kier alpha value is -1.73. The van der Waals surface area contributed by atoms with Crippen molar-refractivity contribution < 1.29 is 4.39 Å². The molecule has 0 atom stereocenters. The van der Waals surface area contributed by atoms with Gasteiger partial charge in [-0.2, -0.15) is 5.26 Å². The number of hydrogen-bond donors (Lipinski definition) is 0. The molecule has 2 nitrogen and oxygen atoms in total. The van der Waals surface area contributed by atoms with E-state index in [4.69, 9.17) is 5.26 Å². The van der Waals surface area contributed by atoms with Crippen LogP contribution in [0.1, 0.15) is 5.69 Å². The summed E-state index contributed by atoms with van der Waals surface area (Å²) in [5.74, 6) is -0.314. The number of nitrogens with zero attached hydrogens (tertiary/aromatic N) is 2.